The fourth-order valence-electron chi connectivity index (χ4n) is 4.50. The number of nitrogens with zero attached hydrogens (tertiary/aromatic N) is 1. The van der Waals surface area contributed by atoms with Crippen molar-refractivity contribution in [1.29, 1.82) is 0 Å². The number of hydrogen-bond acceptors (Lipinski definition) is 4. The van der Waals surface area contributed by atoms with E-state index in [0.29, 0.717) is 17.7 Å². The summed E-state index contributed by atoms with van der Waals surface area (Å²) < 4.78 is 5.51. The minimum atomic E-state index is -0.518. The van der Waals surface area contributed by atoms with Crippen LogP contribution in [0.3, 0.4) is 0 Å². The summed E-state index contributed by atoms with van der Waals surface area (Å²) in [6.45, 7) is 4.93. The second kappa shape index (κ2) is 9.17. The molecule has 2 aromatic rings. The van der Waals surface area contributed by atoms with E-state index in [0.717, 1.165) is 45.3 Å². The summed E-state index contributed by atoms with van der Waals surface area (Å²) in [5.41, 5.74) is 1.45. The van der Waals surface area contributed by atoms with Crippen molar-refractivity contribution in [1.82, 2.24) is 10.2 Å². The van der Waals surface area contributed by atoms with Crippen molar-refractivity contribution >= 4 is 5.91 Å². The molecule has 1 amide bonds. The molecule has 0 radical (unpaired) electrons. The molecule has 30 heavy (non-hydrogen) atoms. The number of carbonyl (C=O) groups is 1. The number of likely N-dealkylation sites (tertiary alicyclic amines) is 1. The van der Waals surface area contributed by atoms with Crippen LogP contribution in [-0.4, -0.2) is 36.0 Å². The van der Waals surface area contributed by atoms with Gasteiger partial charge in [-0.3, -0.25) is 4.79 Å². The maximum Gasteiger partial charge on any atom is 0.349 e. The third-order valence-electron chi connectivity index (χ3n) is 6.37. The van der Waals surface area contributed by atoms with E-state index in [2.05, 4.69) is 22.3 Å². The van der Waals surface area contributed by atoms with Crippen molar-refractivity contribution in [2.24, 2.45) is 0 Å². The first-order chi connectivity index (χ1) is 14.5. The van der Waals surface area contributed by atoms with Gasteiger partial charge in [0.15, 0.2) is 0 Å². The molecule has 5 nitrogen and oxygen atoms in total. The Bertz CT molecular complexity index is 925. The van der Waals surface area contributed by atoms with Gasteiger partial charge in [-0.15, -0.1) is 0 Å². The molecule has 1 aromatic carbocycles. The highest BCUT2D eigenvalue weighted by molar-refractivity contribution is 5.95. The van der Waals surface area contributed by atoms with Crippen LogP contribution in [0.25, 0.3) is 0 Å². The number of hydrogen-bond donors (Lipinski definition) is 1. The Morgan fingerprint density at radius 2 is 1.83 bits per heavy atom. The number of aryl methyl sites for hydroxylation is 3. The van der Waals surface area contributed by atoms with Crippen LogP contribution in [0.1, 0.15) is 65.8 Å². The average Bonchev–Trinajstić information content (AvgIpc) is 3.47. The normalized spacial score (nSPS) is 18.2. The highest BCUT2D eigenvalue weighted by Crippen LogP contribution is 2.37. The first kappa shape index (κ1) is 20.9. The summed E-state index contributed by atoms with van der Waals surface area (Å²) in [4.78, 5) is 27.9. The van der Waals surface area contributed by atoms with Crippen LogP contribution in [0.2, 0.25) is 0 Å². The zero-order valence-corrected chi connectivity index (χ0v) is 17.9. The molecule has 2 fully saturated rings. The van der Waals surface area contributed by atoms with E-state index < -0.39 is 5.63 Å². The van der Waals surface area contributed by atoms with Gasteiger partial charge in [0.1, 0.15) is 11.3 Å². The predicted molar refractivity (Wildman–Crippen MR) is 118 cm³/mol. The zero-order valence-electron chi connectivity index (χ0n) is 17.9. The minimum Gasteiger partial charge on any atom is -0.427 e. The van der Waals surface area contributed by atoms with Crippen molar-refractivity contribution in [2.45, 2.75) is 63.8 Å². The van der Waals surface area contributed by atoms with Gasteiger partial charge in [-0.05, 0) is 75.7 Å². The Labute approximate surface area is 178 Å². The Morgan fingerprint density at radius 3 is 2.50 bits per heavy atom. The Hall–Kier alpha value is -2.40. The molecule has 1 aliphatic carbocycles. The van der Waals surface area contributed by atoms with Gasteiger partial charge in [0, 0.05) is 13.0 Å². The van der Waals surface area contributed by atoms with Crippen LogP contribution in [0, 0.1) is 6.92 Å². The van der Waals surface area contributed by atoms with Gasteiger partial charge >= 0.3 is 5.63 Å². The molecule has 5 heteroatoms. The maximum atomic E-state index is 12.9. The third kappa shape index (κ3) is 5.20. The first-order valence-electron chi connectivity index (χ1n) is 11.3. The quantitative estimate of drug-likeness (QED) is 0.720. The second-order valence-corrected chi connectivity index (χ2v) is 8.97. The highest BCUT2D eigenvalue weighted by atomic mass is 16.4. The molecule has 0 atom stereocenters. The van der Waals surface area contributed by atoms with Gasteiger partial charge < -0.3 is 14.6 Å². The topological polar surface area (TPSA) is 62.6 Å². The van der Waals surface area contributed by atoms with E-state index >= 15 is 0 Å². The van der Waals surface area contributed by atoms with Gasteiger partial charge in [0.05, 0.1) is 5.54 Å². The number of carbonyl (C=O) groups excluding carboxylic acids is 1. The van der Waals surface area contributed by atoms with E-state index in [-0.39, 0.29) is 17.0 Å². The molecular weight excluding hydrogens is 376 g/mol. The summed E-state index contributed by atoms with van der Waals surface area (Å²) in [5, 5.41) is 3.16. The molecule has 1 aliphatic heterocycles. The molecule has 1 saturated heterocycles. The highest BCUT2D eigenvalue weighted by Gasteiger charge is 2.45. The van der Waals surface area contributed by atoms with E-state index in [1.165, 1.54) is 24.8 Å². The van der Waals surface area contributed by atoms with Crippen molar-refractivity contribution < 1.29 is 9.21 Å². The Kier molecular flexibility index (Phi) is 6.38. The smallest absolute Gasteiger partial charge is 0.349 e. The first-order valence-corrected chi connectivity index (χ1v) is 11.3. The van der Waals surface area contributed by atoms with Crippen LogP contribution >= 0.6 is 0 Å². The predicted octanol–water partition coefficient (Wildman–Crippen LogP) is 3.87. The van der Waals surface area contributed by atoms with Gasteiger partial charge in [-0.1, -0.05) is 36.8 Å². The SMILES string of the molecule is Cc1cc(CCCc2ccccc2)oc(=O)c1C(=O)NC1(CN2CCCCC2)CC1. The molecule has 2 aliphatic rings. The summed E-state index contributed by atoms with van der Waals surface area (Å²) in [6, 6.07) is 12.1. The lowest BCUT2D eigenvalue weighted by molar-refractivity contribution is 0.0906. The summed E-state index contributed by atoms with van der Waals surface area (Å²) in [6.07, 6.45) is 8.26. The van der Waals surface area contributed by atoms with Crippen LogP contribution in [0.4, 0.5) is 0 Å². The van der Waals surface area contributed by atoms with E-state index in [9.17, 15) is 9.59 Å². The standard InChI is InChI=1S/C25H32N2O3/c1-19-17-21(12-8-11-20-9-4-2-5-10-20)30-24(29)22(19)23(28)26-25(13-14-25)18-27-15-6-3-7-16-27/h2,4-5,9-10,17H,3,6-8,11-16,18H2,1H3,(H,26,28). The number of amides is 1. The van der Waals surface area contributed by atoms with Gasteiger partial charge in [-0.2, -0.15) is 0 Å². The summed E-state index contributed by atoms with van der Waals surface area (Å²) in [5.74, 6) is 0.367. The van der Waals surface area contributed by atoms with Crippen molar-refractivity contribution in [3.05, 3.63) is 69.3 Å². The molecule has 2 heterocycles. The molecular formula is C25H32N2O3. The third-order valence-corrected chi connectivity index (χ3v) is 6.37. The van der Waals surface area contributed by atoms with Crippen LogP contribution in [0.15, 0.2) is 45.6 Å². The van der Waals surface area contributed by atoms with E-state index in [1.54, 1.807) is 0 Å². The number of benzene rings is 1. The summed E-state index contributed by atoms with van der Waals surface area (Å²) in [7, 11) is 0. The molecule has 0 bridgehead atoms. The average molecular weight is 409 g/mol. The molecule has 160 valence electrons. The molecule has 0 spiro atoms. The minimum absolute atomic E-state index is 0.159. The lowest BCUT2D eigenvalue weighted by atomic mass is 10.0. The van der Waals surface area contributed by atoms with Gasteiger partial charge in [0.25, 0.3) is 5.91 Å². The van der Waals surface area contributed by atoms with Gasteiger partial charge in [0.2, 0.25) is 0 Å². The molecule has 1 saturated carbocycles. The van der Waals surface area contributed by atoms with Crippen LogP contribution in [0.5, 0.6) is 0 Å². The lowest BCUT2D eigenvalue weighted by Gasteiger charge is -2.31. The fourth-order valence-corrected chi connectivity index (χ4v) is 4.50. The second-order valence-electron chi connectivity index (χ2n) is 8.97. The number of nitrogens with one attached hydrogen (secondary N) is 1. The monoisotopic (exact) mass is 408 g/mol. The number of rotatable bonds is 8. The number of piperidine rings is 1. The Morgan fingerprint density at radius 1 is 1.10 bits per heavy atom. The van der Waals surface area contributed by atoms with E-state index in [1.807, 2.05) is 31.2 Å². The Balaban J connectivity index is 1.36. The van der Waals surface area contributed by atoms with Gasteiger partial charge in [-0.25, -0.2) is 4.79 Å². The van der Waals surface area contributed by atoms with Crippen molar-refractivity contribution in [3.8, 4) is 0 Å². The lowest BCUT2D eigenvalue weighted by Crippen LogP contribution is -2.48. The van der Waals surface area contributed by atoms with Crippen molar-refractivity contribution in [2.75, 3.05) is 19.6 Å². The van der Waals surface area contributed by atoms with E-state index in [4.69, 9.17) is 4.42 Å². The fraction of sp³-hybridized carbons (Fsp3) is 0.520. The molecule has 0 unspecified atom stereocenters. The largest absolute Gasteiger partial charge is 0.427 e. The molecule has 1 N–H and O–H groups in total. The summed E-state index contributed by atoms with van der Waals surface area (Å²) >= 11 is 0. The molecule has 4 rings (SSSR count). The van der Waals surface area contributed by atoms with Crippen molar-refractivity contribution in [3.63, 3.8) is 0 Å². The zero-order chi connectivity index (χ0) is 21.0. The maximum absolute atomic E-state index is 12.9. The molecule has 1 aromatic heterocycles. The van der Waals surface area contributed by atoms with Crippen LogP contribution in [-0.2, 0) is 12.8 Å². The van der Waals surface area contributed by atoms with Crippen LogP contribution < -0.4 is 10.9 Å².